The highest BCUT2D eigenvalue weighted by Crippen LogP contribution is 2.33. The van der Waals surface area contributed by atoms with Crippen LogP contribution < -0.4 is 0 Å². The summed E-state index contributed by atoms with van der Waals surface area (Å²) in [7, 11) is 0. The molecule has 0 saturated carbocycles. The van der Waals surface area contributed by atoms with Crippen LogP contribution in [0.3, 0.4) is 0 Å². The molecule has 0 radical (unpaired) electrons. The maximum atomic E-state index is 4.81. The third kappa shape index (κ3) is 6.13. The first-order valence-corrected chi connectivity index (χ1v) is 13.5. The molecule has 2 heteroatoms. The summed E-state index contributed by atoms with van der Waals surface area (Å²) in [4.78, 5) is 9.35. The maximum absolute atomic E-state index is 4.81. The van der Waals surface area contributed by atoms with Gasteiger partial charge in [0.1, 0.15) is 0 Å². The van der Waals surface area contributed by atoms with Gasteiger partial charge in [-0.15, -0.1) is 0 Å². The van der Waals surface area contributed by atoms with Crippen LogP contribution in [0.4, 0.5) is 0 Å². The zero-order valence-corrected chi connectivity index (χ0v) is 22.9. The van der Waals surface area contributed by atoms with Crippen molar-refractivity contribution >= 4 is 0 Å². The summed E-state index contributed by atoms with van der Waals surface area (Å²) in [6.07, 6.45) is 9.49. The SMILES string of the molecule is C/C=C(\C=C/Cc1ccc(-c2ccccc2)cc1)C(C)(C)c1ccc(-c2nccc(-c3ccccc3)n2)cc1. The molecule has 192 valence electrons. The molecular weight excluding hydrogens is 472 g/mol. The largest absolute Gasteiger partial charge is 0.237 e. The molecular formula is C37H34N2. The molecule has 0 unspecified atom stereocenters. The summed E-state index contributed by atoms with van der Waals surface area (Å²) in [6, 6.07) is 40.2. The molecule has 0 amide bonds. The van der Waals surface area contributed by atoms with E-state index in [2.05, 4.69) is 135 Å². The summed E-state index contributed by atoms with van der Waals surface area (Å²) < 4.78 is 0. The fourth-order valence-electron chi connectivity index (χ4n) is 4.92. The summed E-state index contributed by atoms with van der Waals surface area (Å²) >= 11 is 0. The van der Waals surface area contributed by atoms with Gasteiger partial charge in [-0.1, -0.05) is 141 Å². The molecule has 2 nitrogen and oxygen atoms in total. The summed E-state index contributed by atoms with van der Waals surface area (Å²) in [5.41, 5.74) is 9.27. The third-order valence-electron chi connectivity index (χ3n) is 7.33. The minimum absolute atomic E-state index is 0.131. The smallest absolute Gasteiger partial charge is 0.159 e. The number of nitrogens with zero attached hydrogens (tertiary/aromatic N) is 2. The quantitative estimate of drug-likeness (QED) is 0.196. The van der Waals surface area contributed by atoms with E-state index in [1.54, 1.807) is 0 Å². The first-order valence-electron chi connectivity index (χ1n) is 13.5. The van der Waals surface area contributed by atoms with Gasteiger partial charge in [0, 0.05) is 22.7 Å². The van der Waals surface area contributed by atoms with Crippen molar-refractivity contribution < 1.29 is 0 Å². The average molecular weight is 507 g/mol. The van der Waals surface area contributed by atoms with Crippen LogP contribution >= 0.6 is 0 Å². The molecule has 0 aliphatic rings. The topological polar surface area (TPSA) is 25.8 Å². The van der Waals surface area contributed by atoms with Crippen molar-refractivity contribution in [2.75, 3.05) is 0 Å². The van der Waals surface area contributed by atoms with Crippen LogP contribution in [0.25, 0.3) is 33.8 Å². The number of hydrogen-bond donors (Lipinski definition) is 0. The van der Waals surface area contributed by atoms with Gasteiger partial charge in [-0.25, -0.2) is 9.97 Å². The van der Waals surface area contributed by atoms with Crippen molar-refractivity contribution in [3.8, 4) is 33.8 Å². The molecule has 5 rings (SSSR count). The zero-order valence-electron chi connectivity index (χ0n) is 22.9. The van der Waals surface area contributed by atoms with Gasteiger partial charge in [-0.05, 0) is 47.2 Å². The molecule has 4 aromatic carbocycles. The number of rotatable bonds is 8. The van der Waals surface area contributed by atoms with Crippen molar-refractivity contribution in [2.24, 2.45) is 0 Å². The van der Waals surface area contributed by atoms with Crippen molar-refractivity contribution in [2.45, 2.75) is 32.6 Å². The maximum Gasteiger partial charge on any atom is 0.159 e. The Morgan fingerprint density at radius 1 is 0.667 bits per heavy atom. The number of benzene rings is 4. The minimum Gasteiger partial charge on any atom is -0.237 e. The molecule has 1 heterocycles. The number of hydrogen-bond acceptors (Lipinski definition) is 2. The van der Waals surface area contributed by atoms with E-state index in [1.807, 2.05) is 30.5 Å². The van der Waals surface area contributed by atoms with Crippen LogP contribution in [-0.4, -0.2) is 9.97 Å². The monoisotopic (exact) mass is 506 g/mol. The zero-order chi connectivity index (χ0) is 27.1. The first-order chi connectivity index (χ1) is 19.0. The first kappa shape index (κ1) is 26.1. The molecule has 1 aromatic heterocycles. The molecule has 0 spiro atoms. The van der Waals surface area contributed by atoms with Gasteiger partial charge in [0.15, 0.2) is 5.82 Å². The van der Waals surface area contributed by atoms with E-state index in [4.69, 9.17) is 4.98 Å². The summed E-state index contributed by atoms with van der Waals surface area (Å²) in [5, 5.41) is 0. The average Bonchev–Trinajstić information content (AvgIpc) is 3.00. The molecule has 0 aliphatic heterocycles. The Bertz CT molecular complexity index is 1560. The molecule has 0 N–H and O–H groups in total. The van der Waals surface area contributed by atoms with Crippen LogP contribution in [0.15, 0.2) is 145 Å². The molecule has 5 aromatic rings. The Kier molecular flexibility index (Phi) is 7.94. The van der Waals surface area contributed by atoms with E-state index in [-0.39, 0.29) is 5.41 Å². The van der Waals surface area contributed by atoms with Crippen molar-refractivity contribution in [3.05, 3.63) is 156 Å². The van der Waals surface area contributed by atoms with Gasteiger partial charge in [0.25, 0.3) is 0 Å². The lowest BCUT2D eigenvalue weighted by molar-refractivity contribution is 0.638. The van der Waals surface area contributed by atoms with Crippen molar-refractivity contribution in [1.29, 1.82) is 0 Å². The molecule has 0 bridgehead atoms. The van der Waals surface area contributed by atoms with Crippen LogP contribution in [0, 0.1) is 0 Å². The Morgan fingerprint density at radius 2 is 1.26 bits per heavy atom. The second-order valence-corrected chi connectivity index (χ2v) is 10.2. The van der Waals surface area contributed by atoms with Gasteiger partial charge in [0.05, 0.1) is 5.69 Å². The fourth-order valence-corrected chi connectivity index (χ4v) is 4.92. The highest BCUT2D eigenvalue weighted by molar-refractivity contribution is 5.64. The van der Waals surface area contributed by atoms with E-state index >= 15 is 0 Å². The van der Waals surface area contributed by atoms with Crippen LogP contribution in [0.2, 0.25) is 0 Å². The molecule has 39 heavy (non-hydrogen) atoms. The lowest BCUT2D eigenvalue weighted by Gasteiger charge is -2.27. The van der Waals surface area contributed by atoms with Crippen LogP contribution in [0.5, 0.6) is 0 Å². The number of aromatic nitrogens is 2. The van der Waals surface area contributed by atoms with Gasteiger partial charge in [0.2, 0.25) is 0 Å². The standard InChI is InChI=1S/C37H34N2/c1-4-33(17-11-12-28-18-20-30(21-19-28)29-13-7-5-8-14-29)37(2,3)34-24-22-32(23-25-34)36-38-27-26-35(39-36)31-15-9-6-10-16-31/h4-11,13-27H,12H2,1-3H3/b17-11-,33-4+. The van der Waals surface area contributed by atoms with Gasteiger partial charge in [-0.3, -0.25) is 0 Å². The second kappa shape index (κ2) is 11.9. The summed E-state index contributed by atoms with van der Waals surface area (Å²) in [5.74, 6) is 0.741. The van der Waals surface area contributed by atoms with Crippen LogP contribution in [0.1, 0.15) is 31.9 Å². The van der Waals surface area contributed by atoms with Crippen LogP contribution in [-0.2, 0) is 11.8 Å². The Balaban J connectivity index is 1.28. The Hall–Kier alpha value is -4.56. The molecule has 0 fully saturated rings. The van der Waals surface area contributed by atoms with Crippen molar-refractivity contribution in [1.82, 2.24) is 9.97 Å². The normalized spacial score (nSPS) is 12.1. The predicted octanol–water partition coefficient (Wildman–Crippen LogP) is 9.50. The number of allylic oxidation sites excluding steroid dienone is 4. The fraction of sp³-hybridized carbons (Fsp3) is 0.135. The third-order valence-corrected chi connectivity index (χ3v) is 7.33. The predicted molar refractivity (Wildman–Crippen MR) is 164 cm³/mol. The molecule has 0 saturated heterocycles. The second-order valence-electron chi connectivity index (χ2n) is 10.2. The van der Waals surface area contributed by atoms with E-state index in [9.17, 15) is 0 Å². The molecule has 0 aliphatic carbocycles. The van der Waals surface area contributed by atoms with Crippen molar-refractivity contribution in [3.63, 3.8) is 0 Å². The van der Waals surface area contributed by atoms with Gasteiger partial charge in [-0.2, -0.15) is 0 Å². The van der Waals surface area contributed by atoms with E-state index in [1.165, 1.54) is 27.8 Å². The van der Waals surface area contributed by atoms with E-state index in [0.717, 1.165) is 29.1 Å². The molecule has 0 atom stereocenters. The van der Waals surface area contributed by atoms with Gasteiger partial charge >= 0.3 is 0 Å². The van der Waals surface area contributed by atoms with E-state index in [0.29, 0.717) is 0 Å². The highest BCUT2D eigenvalue weighted by atomic mass is 14.9. The van der Waals surface area contributed by atoms with Gasteiger partial charge < -0.3 is 0 Å². The lowest BCUT2D eigenvalue weighted by atomic mass is 9.77. The lowest BCUT2D eigenvalue weighted by Crippen LogP contribution is -2.19. The highest BCUT2D eigenvalue weighted by Gasteiger charge is 2.23. The minimum atomic E-state index is -0.131. The Morgan fingerprint density at radius 3 is 1.90 bits per heavy atom. The van der Waals surface area contributed by atoms with E-state index < -0.39 is 0 Å². The summed E-state index contributed by atoms with van der Waals surface area (Å²) in [6.45, 7) is 6.68. The Labute approximate surface area is 232 Å².